The topological polar surface area (TPSA) is 66.2 Å². The van der Waals surface area contributed by atoms with Crippen molar-refractivity contribution in [2.24, 2.45) is 0 Å². The smallest absolute Gasteiger partial charge is 0.213 e. The Labute approximate surface area is 133 Å². The summed E-state index contributed by atoms with van der Waals surface area (Å²) in [6.45, 7) is 0. The Balaban J connectivity index is 2.17. The van der Waals surface area contributed by atoms with E-state index in [-0.39, 0.29) is 0 Å². The lowest BCUT2D eigenvalue weighted by atomic mass is 10.1. The molecule has 3 rings (SSSR count). The lowest BCUT2D eigenvalue weighted by Crippen LogP contribution is -2.01. The van der Waals surface area contributed by atoms with E-state index in [0.717, 1.165) is 16.9 Å². The van der Waals surface area contributed by atoms with Crippen molar-refractivity contribution in [3.05, 3.63) is 54.4 Å². The summed E-state index contributed by atoms with van der Waals surface area (Å²) in [6, 6.07) is 12.9. The summed E-state index contributed by atoms with van der Waals surface area (Å²) in [7, 11) is 3.16. The van der Waals surface area contributed by atoms with Crippen LogP contribution in [0.25, 0.3) is 16.9 Å². The molecule has 0 unspecified atom stereocenters. The van der Waals surface area contributed by atoms with Crippen LogP contribution in [0.3, 0.4) is 0 Å². The zero-order valence-corrected chi connectivity index (χ0v) is 12.8. The van der Waals surface area contributed by atoms with Gasteiger partial charge in [-0.1, -0.05) is 12.1 Å². The number of carbonyl (C=O) groups is 1. The van der Waals surface area contributed by atoms with E-state index in [1.165, 1.54) is 0 Å². The van der Waals surface area contributed by atoms with Gasteiger partial charge in [0.25, 0.3) is 0 Å². The van der Waals surface area contributed by atoms with Crippen LogP contribution in [-0.2, 0) is 0 Å². The number of rotatable bonds is 5. The van der Waals surface area contributed by atoms with Crippen molar-refractivity contribution >= 4 is 6.29 Å². The molecule has 0 aliphatic heterocycles. The van der Waals surface area contributed by atoms with Gasteiger partial charge in [-0.05, 0) is 24.3 Å². The molecule has 0 radical (unpaired) electrons. The normalized spacial score (nSPS) is 10.3. The highest BCUT2D eigenvalue weighted by Gasteiger charge is 2.15. The Hall–Kier alpha value is -3.15. The van der Waals surface area contributed by atoms with Crippen molar-refractivity contribution in [2.75, 3.05) is 14.2 Å². The number of hydrogen-bond donors (Lipinski definition) is 0. The number of carbonyl (C=O) groups excluding carboxylic acids is 1. The minimum atomic E-state index is 0.335. The molecule has 3 aromatic rings. The summed E-state index contributed by atoms with van der Waals surface area (Å²) in [5.74, 6) is 1.21. The lowest BCUT2D eigenvalue weighted by Gasteiger charge is -2.11. The Morgan fingerprint density at radius 2 is 1.91 bits per heavy atom. The molecule has 0 amide bonds. The molecular weight excluding hydrogens is 294 g/mol. The van der Waals surface area contributed by atoms with Crippen molar-refractivity contribution in [3.63, 3.8) is 0 Å². The predicted molar refractivity (Wildman–Crippen MR) is 85.3 cm³/mol. The number of pyridine rings is 1. The minimum Gasteiger partial charge on any atom is -0.496 e. The average molecular weight is 309 g/mol. The Morgan fingerprint density at radius 1 is 1.09 bits per heavy atom. The number of hydrogen-bond acceptors (Lipinski definition) is 5. The summed E-state index contributed by atoms with van der Waals surface area (Å²) in [5, 5.41) is 4.32. The van der Waals surface area contributed by atoms with Crippen molar-refractivity contribution in [3.8, 4) is 28.6 Å². The number of benzene rings is 1. The van der Waals surface area contributed by atoms with Gasteiger partial charge in [0, 0.05) is 11.6 Å². The van der Waals surface area contributed by atoms with Gasteiger partial charge in [0.1, 0.15) is 11.4 Å². The third-order valence-electron chi connectivity index (χ3n) is 3.41. The van der Waals surface area contributed by atoms with Crippen molar-refractivity contribution in [1.29, 1.82) is 0 Å². The molecule has 1 aromatic carbocycles. The molecule has 2 heterocycles. The van der Waals surface area contributed by atoms with Gasteiger partial charge in [-0.15, -0.1) is 0 Å². The molecule has 0 spiro atoms. The monoisotopic (exact) mass is 309 g/mol. The van der Waals surface area contributed by atoms with Crippen LogP contribution in [0.15, 0.2) is 48.7 Å². The van der Waals surface area contributed by atoms with Crippen molar-refractivity contribution in [1.82, 2.24) is 14.8 Å². The molecule has 6 nitrogen and oxygen atoms in total. The summed E-state index contributed by atoms with van der Waals surface area (Å²) < 4.78 is 12.1. The second kappa shape index (κ2) is 6.31. The van der Waals surface area contributed by atoms with Gasteiger partial charge in [-0.3, -0.25) is 4.79 Å². The van der Waals surface area contributed by atoms with Crippen LogP contribution in [0, 0.1) is 0 Å². The maximum Gasteiger partial charge on any atom is 0.213 e. The van der Waals surface area contributed by atoms with Gasteiger partial charge in [0.2, 0.25) is 5.88 Å². The van der Waals surface area contributed by atoms with Gasteiger partial charge in [-0.25, -0.2) is 9.67 Å². The first-order chi connectivity index (χ1) is 11.3. The van der Waals surface area contributed by atoms with Gasteiger partial charge in [0.15, 0.2) is 6.29 Å². The molecule has 0 saturated heterocycles. The molecule has 0 aliphatic rings. The Bertz CT molecular complexity index is 825. The van der Waals surface area contributed by atoms with Gasteiger partial charge in [-0.2, -0.15) is 5.10 Å². The molecule has 0 saturated carbocycles. The largest absolute Gasteiger partial charge is 0.496 e. The molecule has 6 heteroatoms. The Morgan fingerprint density at radius 3 is 2.57 bits per heavy atom. The molecule has 0 bridgehead atoms. The molecule has 0 N–H and O–H groups in total. The van der Waals surface area contributed by atoms with Crippen molar-refractivity contribution < 1.29 is 14.3 Å². The van der Waals surface area contributed by atoms with E-state index in [1.807, 2.05) is 30.3 Å². The van der Waals surface area contributed by atoms with Crippen molar-refractivity contribution in [2.45, 2.75) is 0 Å². The van der Waals surface area contributed by atoms with Gasteiger partial charge < -0.3 is 9.47 Å². The summed E-state index contributed by atoms with van der Waals surface area (Å²) >= 11 is 0. The van der Waals surface area contributed by atoms with Crippen LogP contribution in [-0.4, -0.2) is 35.3 Å². The fourth-order valence-electron chi connectivity index (χ4n) is 2.32. The Kier molecular flexibility index (Phi) is 4.05. The average Bonchev–Trinajstić information content (AvgIpc) is 3.06. The highest BCUT2D eigenvalue weighted by molar-refractivity contribution is 5.78. The van der Waals surface area contributed by atoms with E-state index in [2.05, 4.69) is 10.1 Å². The summed E-state index contributed by atoms with van der Waals surface area (Å²) in [4.78, 5) is 15.3. The number of methoxy groups -OCH3 is 2. The fourth-order valence-corrected chi connectivity index (χ4v) is 2.32. The van der Waals surface area contributed by atoms with E-state index in [9.17, 15) is 4.79 Å². The van der Waals surface area contributed by atoms with Crippen LogP contribution in [0.4, 0.5) is 0 Å². The number of nitrogens with zero attached hydrogens (tertiary/aromatic N) is 3. The second-order valence-electron chi connectivity index (χ2n) is 4.74. The first-order valence-corrected chi connectivity index (χ1v) is 6.96. The predicted octanol–water partition coefficient (Wildman–Crippen LogP) is 2.76. The fraction of sp³-hybridized carbons (Fsp3) is 0.118. The maximum absolute atomic E-state index is 11.1. The highest BCUT2D eigenvalue weighted by atomic mass is 16.5. The van der Waals surface area contributed by atoms with Crippen LogP contribution >= 0.6 is 0 Å². The number of aldehydes is 1. The molecular formula is C17H15N3O3. The quantitative estimate of drug-likeness (QED) is 0.678. The van der Waals surface area contributed by atoms with Crippen LogP contribution in [0.2, 0.25) is 0 Å². The SMILES string of the molecule is COc1ccc(-n2nc(C=O)cc2-c2ccccc2OC)cn1. The van der Waals surface area contributed by atoms with Crippen LogP contribution < -0.4 is 9.47 Å². The van der Waals surface area contributed by atoms with Crippen LogP contribution in [0.5, 0.6) is 11.6 Å². The third kappa shape index (κ3) is 2.78. The lowest BCUT2D eigenvalue weighted by molar-refractivity contribution is 0.111. The van der Waals surface area contributed by atoms with E-state index >= 15 is 0 Å². The maximum atomic E-state index is 11.1. The summed E-state index contributed by atoms with van der Waals surface area (Å²) in [6.07, 6.45) is 2.35. The zero-order chi connectivity index (χ0) is 16.2. The van der Waals surface area contributed by atoms with E-state index < -0.39 is 0 Å². The molecule has 0 fully saturated rings. The van der Waals surface area contributed by atoms with E-state index in [1.54, 1.807) is 37.2 Å². The first kappa shape index (κ1) is 14.8. The third-order valence-corrected chi connectivity index (χ3v) is 3.41. The molecule has 0 atom stereocenters. The molecule has 23 heavy (non-hydrogen) atoms. The number of aromatic nitrogens is 3. The van der Waals surface area contributed by atoms with Gasteiger partial charge >= 0.3 is 0 Å². The number of para-hydroxylation sites is 1. The van der Waals surface area contributed by atoms with E-state index in [4.69, 9.17) is 9.47 Å². The molecule has 0 aliphatic carbocycles. The standard InChI is InChI=1S/C17H15N3O3/c1-22-16-6-4-3-5-14(16)15-9-12(11-21)19-20(15)13-7-8-17(23-2)18-10-13/h3-11H,1-2H3. The number of ether oxygens (including phenoxy) is 2. The van der Waals surface area contributed by atoms with E-state index in [0.29, 0.717) is 23.6 Å². The highest BCUT2D eigenvalue weighted by Crippen LogP contribution is 2.31. The second-order valence-corrected chi connectivity index (χ2v) is 4.74. The molecule has 116 valence electrons. The van der Waals surface area contributed by atoms with Crippen LogP contribution in [0.1, 0.15) is 10.5 Å². The first-order valence-electron chi connectivity index (χ1n) is 6.96. The van der Waals surface area contributed by atoms with Gasteiger partial charge in [0.05, 0.1) is 31.8 Å². The summed E-state index contributed by atoms with van der Waals surface area (Å²) in [5.41, 5.74) is 2.64. The zero-order valence-electron chi connectivity index (χ0n) is 12.8. The molecule has 2 aromatic heterocycles. The minimum absolute atomic E-state index is 0.335.